The highest BCUT2D eigenvalue weighted by Crippen LogP contribution is 2.27. The molecule has 3 rings (SSSR count). The molecule has 3 aromatic rings. The Morgan fingerprint density at radius 2 is 2.08 bits per heavy atom. The number of aromatic nitrogens is 1. The number of phenols is 1. The maximum atomic E-state index is 9.70. The third-order valence-corrected chi connectivity index (χ3v) is 4.58. The number of nitrogens with zero attached hydrogens (tertiary/aromatic N) is 2. The monoisotopic (exact) mass is 417 g/mol. The van der Waals surface area contributed by atoms with Crippen LogP contribution in [0.4, 0.5) is 5.13 Å². The molecule has 0 aliphatic carbocycles. The van der Waals surface area contributed by atoms with E-state index in [4.69, 9.17) is 4.74 Å². The molecule has 1 heterocycles. The lowest BCUT2D eigenvalue weighted by Gasteiger charge is -2.05. The number of thiazole rings is 1. The van der Waals surface area contributed by atoms with E-state index in [1.54, 1.807) is 24.4 Å². The van der Waals surface area contributed by atoms with Gasteiger partial charge in [-0.2, -0.15) is 5.10 Å². The van der Waals surface area contributed by atoms with Crippen molar-refractivity contribution in [3.8, 4) is 22.8 Å². The minimum Gasteiger partial charge on any atom is -0.504 e. The lowest BCUT2D eigenvalue weighted by Crippen LogP contribution is -1.94. The van der Waals surface area contributed by atoms with Gasteiger partial charge in [-0.1, -0.05) is 28.1 Å². The average Bonchev–Trinajstić information content (AvgIpc) is 3.07. The number of benzene rings is 2. The van der Waals surface area contributed by atoms with Crippen molar-refractivity contribution in [3.05, 3.63) is 57.9 Å². The number of anilines is 1. The smallest absolute Gasteiger partial charge is 0.203 e. The van der Waals surface area contributed by atoms with Gasteiger partial charge < -0.3 is 9.84 Å². The maximum absolute atomic E-state index is 9.70. The van der Waals surface area contributed by atoms with Gasteiger partial charge in [0.2, 0.25) is 5.13 Å². The zero-order chi connectivity index (χ0) is 17.6. The van der Waals surface area contributed by atoms with Crippen LogP contribution >= 0.6 is 27.3 Å². The quantitative estimate of drug-likeness (QED) is 0.431. The molecule has 0 saturated heterocycles. The molecule has 5 nitrogen and oxygen atoms in total. The molecule has 0 aliphatic rings. The van der Waals surface area contributed by atoms with Gasteiger partial charge in [0.25, 0.3) is 0 Å². The fourth-order valence-corrected chi connectivity index (χ4v) is 3.06. The van der Waals surface area contributed by atoms with E-state index in [0.29, 0.717) is 17.5 Å². The van der Waals surface area contributed by atoms with Crippen LogP contribution in [0.1, 0.15) is 12.5 Å². The summed E-state index contributed by atoms with van der Waals surface area (Å²) in [5.74, 6) is 0.559. The van der Waals surface area contributed by atoms with Gasteiger partial charge in [0.05, 0.1) is 18.5 Å². The first-order valence-electron chi connectivity index (χ1n) is 7.62. The number of hydrogen-bond acceptors (Lipinski definition) is 6. The molecule has 2 aromatic carbocycles. The van der Waals surface area contributed by atoms with E-state index in [9.17, 15) is 5.11 Å². The summed E-state index contributed by atoms with van der Waals surface area (Å²) >= 11 is 4.91. The number of halogens is 1. The molecule has 0 radical (unpaired) electrons. The first-order valence-corrected chi connectivity index (χ1v) is 9.29. The van der Waals surface area contributed by atoms with Crippen LogP contribution in [-0.2, 0) is 0 Å². The van der Waals surface area contributed by atoms with E-state index < -0.39 is 0 Å². The Kier molecular flexibility index (Phi) is 5.67. The lowest BCUT2D eigenvalue weighted by atomic mass is 10.2. The highest BCUT2D eigenvalue weighted by molar-refractivity contribution is 9.10. The number of ether oxygens (including phenoxy) is 1. The van der Waals surface area contributed by atoms with E-state index >= 15 is 0 Å². The Labute approximate surface area is 158 Å². The van der Waals surface area contributed by atoms with E-state index in [0.717, 1.165) is 21.3 Å². The molecule has 25 heavy (non-hydrogen) atoms. The fourth-order valence-electron chi connectivity index (χ4n) is 2.12. The Bertz CT molecular complexity index is 878. The summed E-state index contributed by atoms with van der Waals surface area (Å²) in [6.07, 6.45) is 1.66. The predicted octanol–water partition coefficient (Wildman–Crippen LogP) is 5.12. The van der Waals surface area contributed by atoms with Crippen LogP contribution in [0.2, 0.25) is 0 Å². The van der Waals surface area contributed by atoms with E-state index in [-0.39, 0.29) is 5.75 Å². The zero-order valence-corrected chi connectivity index (χ0v) is 15.8. The summed E-state index contributed by atoms with van der Waals surface area (Å²) in [6.45, 7) is 2.36. The van der Waals surface area contributed by atoms with Crippen molar-refractivity contribution in [2.75, 3.05) is 12.0 Å². The molecule has 0 spiro atoms. The van der Waals surface area contributed by atoms with Gasteiger partial charge in [-0.05, 0) is 42.8 Å². The maximum Gasteiger partial charge on any atom is 0.203 e. The summed E-state index contributed by atoms with van der Waals surface area (Å²) in [5.41, 5.74) is 5.70. The Morgan fingerprint density at radius 1 is 1.28 bits per heavy atom. The molecule has 0 aliphatic heterocycles. The van der Waals surface area contributed by atoms with Gasteiger partial charge in [-0.15, -0.1) is 11.3 Å². The second-order valence-electron chi connectivity index (χ2n) is 5.07. The molecule has 2 N–H and O–H groups in total. The molecular weight excluding hydrogens is 402 g/mol. The normalized spacial score (nSPS) is 11.0. The fraction of sp³-hybridized carbons (Fsp3) is 0.111. The van der Waals surface area contributed by atoms with Gasteiger partial charge in [-0.25, -0.2) is 4.98 Å². The van der Waals surface area contributed by atoms with E-state index in [2.05, 4.69) is 31.4 Å². The highest BCUT2D eigenvalue weighted by Gasteiger charge is 2.04. The first-order chi connectivity index (χ1) is 12.2. The Hall–Kier alpha value is -2.38. The van der Waals surface area contributed by atoms with Crippen LogP contribution in [0.3, 0.4) is 0 Å². The van der Waals surface area contributed by atoms with Crippen LogP contribution in [-0.4, -0.2) is 22.9 Å². The number of hydrogen-bond donors (Lipinski definition) is 2. The lowest BCUT2D eigenvalue weighted by molar-refractivity contribution is 0.318. The molecular formula is C18H16BrN3O2S. The number of rotatable bonds is 6. The van der Waals surface area contributed by atoms with Crippen molar-refractivity contribution >= 4 is 38.6 Å². The molecule has 1 aromatic heterocycles. The van der Waals surface area contributed by atoms with Crippen molar-refractivity contribution in [2.24, 2.45) is 5.10 Å². The number of nitrogens with one attached hydrogen (secondary N) is 1. The second-order valence-corrected chi connectivity index (χ2v) is 6.85. The van der Waals surface area contributed by atoms with Gasteiger partial charge in [-0.3, -0.25) is 5.43 Å². The third kappa shape index (κ3) is 4.58. The molecule has 0 amide bonds. The SMILES string of the molecule is CCOc1cc(/C=N\Nc2nc(-c3ccc(Br)cc3)cs2)ccc1O. The number of hydrazone groups is 1. The molecule has 0 atom stereocenters. The van der Waals surface area contributed by atoms with Crippen LogP contribution in [0.5, 0.6) is 11.5 Å². The molecule has 0 bridgehead atoms. The van der Waals surface area contributed by atoms with Crippen molar-refractivity contribution in [3.63, 3.8) is 0 Å². The molecule has 0 fully saturated rings. The van der Waals surface area contributed by atoms with E-state index in [1.165, 1.54) is 11.3 Å². The predicted molar refractivity (Wildman–Crippen MR) is 106 cm³/mol. The van der Waals surface area contributed by atoms with Gasteiger partial charge >= 0.3 is 0 Å². The van der Waals surface area contributed by atoms with Crippen LogP contribution < -0.4 is 10.2 Å². The molecule has 0 unspecified atom stereocenters. The number of aromatic hydroxyl groups is 1. The van der Waals surface area contributed by atoms with Gasteiger partial charge in [0, 0.05) is 15.4 Å². The van der Waals surface area contributed by atoms with Gasteiger partial charge in [0.1, 0.15) is 0 Å². The standard InChI is InChI=1S/C18H16BrN3O2S/c1-2-24-17-9-12(3-8-16(17)23)10-20-22-18-21-15(11-25-18)13-4-6-14(19)7-5-13/h3-11,23H,2H2,1H3,(H,21,22)/b20-10-. The minimum atomic E-state index is 0.117. The minimum absolute atomic E-state index is 0.117. The molecule has 128 valence electrons. The topological polar surface area (TPSA) is 66.7 Å². The van der Waals surface area contributed by atoms with Crippen molar-refractivity contribution in [1.29, 1.82) is 0 Å². The molecule has 7 heteroatoms. The van der Waals surface area contributed by atoms with Crippen molar-refractivity contribution < 1.29 is 9.84 Å². The van der Waals surface area contributed by atoms with Crippen LogP contribution in [0, 0.1) is 0 Å². The summed E-state index contributed by atoms with van der Waals surface area (Å²) < 4.78 is 6.39. The summed E-state index contributed by atoms with van der Waals surface area (Å²) in [6, 6.07) is 13.1. The van der Waals surface area contributed by atoms with Crippen LogP contribution in [0.15, 0.2) is 57.4 Å². The summed E-state index contributed by atoms with van der Waals surface area (Å²) in [4.78, 5) is 4.52. The average molecular weight is 418 g/mol. The summed E-state index contributed by atoms with van der Waals surface area (Å²) in [5, 5.41) is 16.6. The van der Waals surface area contributed by atoms with Crippen LogP contribution in [0.25, 0.3) is 11.3 Å². The van der Waals surface area contributed by atoms with E-state index in [1.807, 2.05) is 36.6 Å². The molecule has 0 saturated carbocycles. The highest BCUT2D eigenvalue weighted by atomic mass is 79.9. The van der Waals surface area contributed by atoms with Crippen molar-refractivity contribution in [2.45, 2.75) is 6.92 Å². The second kappa shape index (κ2) is 8.13. The largest absolute Gasteiger partial charge is 0.504 e. The Balaban J connectivity index is 1.67. The van der Waals surface area contributed by atoms with Crippen molar-refractivity contribution in [1.82, 2.24) is 4.98 Å². The number of phenolic OH excluding ortho intramolecular Hbond substituents is 1. The Morgan fingerprint density at radius 3 is 2.84 bits per heavy atom. The van der Waals surface area contributed by atoms with Gasteiger partial charge in [0.15, 0.2) is 11.5 Å². The first kappa shape index (κ1) is 17.4. The third-order valence-electron chi connectivity index (χ3n) is 3.30. The summed E-state index contributed by atoms with van der Waals surface area (Å²) in [7, 11) is 0. The zero-order valence-electron chi connectivity index (χ0n) is 13.4.